The number of carbonyl (C=O) groups is 1. The molecular weight excluding hydrogens is 417 g/mol. The Kier molecular flexibility index (Phi) is 6.82. The number of alkyl halides is 3. The van der Waals surface area contributed by atoms with Crippen LogP contribution in [0.25, 0.3) is 0 Å². The number of amides is 1. The minimum Gasteiger partial charge on any atom is -0.490 e. The number of anilines is 1. The smallest absolute Gasteiger partial charge is 0.392 e. The second-order valence-electron chi connectivity index (χ2n) is 5.25. The summed E-state index contributed by atoms with van der Waals surface area (Å²) in [5.41, 5.74) is -0.658. The van der Waals surface area contributed by atoms with Crippen molar-refractivity contribution >= 4 is 35.1 Å². The summed E-state index contributed by atoms with van der Waals surface area (Å²) in [6, 6.07) is 0.723. The number of carbonyl (C=O) groups excluding carboxylic acids is 1. The largest absolute Gasteiger partial charge is 0.490 e. The van der Waals surface area contributed by atoms with E-state index < -0.39 is 47.3 Å². The predicted octanol–water partition coefficient (Wildman–Crippen LogP) is 4.11. The standard InChI is InChI=1S/C14H13Cl2F4N5O2/c1-2-4-25-13(22-23-24-25)21-12(26)9-8(17)6-7(15)11(10(9)16)27-5-3-14(18,19)20/h6H,2-5H2,1H3,(H,21,22,24,26). The number of nitrogens with zero attached hydrogens (tertiary/aromatic N) is 4. The number of tetrazole rings is 1. The van der Waals surface area contributed by atoms with Crippen LogP contribution >= 0.6 is 23.2 Å². The number of aryl methyl sites for hydroxylation is 1. The van der Waals surface area contributed by atoms with Crippen LogP contribution in [-0.4, -0.2) is 38.9 Å². The van der Waals surface area contributed by atoms with E-state index in [2.05, 4.69) is 20.8 Å². The van der Waals surface area contributed by atoms with Gasteiger partial charge in [-0.15, -0.1) is 0 Å². The van der Waals surface area contributed by atoms with Crippen molar-refractivity contribution in [3.63, 3.8) is 0 Å². The molecule has 0 aliphatic carbocycles. The molecule has 0 aliphatic heterocycles. The zero-order chi connectivity index (χ0) is 20.2. The molecule has 27 heavy (non-hydrogen) atoms. The van der Waals surface area contributed by atoms with Crippen molar-refractivity contribution in [2.75, 3.05) is 11.9 Å². The van der Waals surface area contributed by atoms with E-state index in [1.807, 2.05) is 6.92 Å². The molecule has 0 atom stereocenters. The summed E-state index contributed by atoms with van der Waals surface area (Å²) in [5.74, 6) is -2.57. The summed E-state index contributed by atoms with van der Waals surface area (Å²) in [6.45, 7) is 1.45. The van der Waals surface area contributed by atoms with Gasteiger partial charge in [-0.3, -0.25) is 10.1 Å². The van der Waals surface area contributed by atoms with Crippen molar-refractivity contribution in [1.82, 2.24) is 20.2 Å². The lowest BCUT2D eigenvalue weighted by atomic mass is 10.2. The fourth-order valence-corrected chi connectivity index (χ4v) is 2.63. The highest BCUT2D eigenvalue weighted by Gasteiger charge is 2.28. The molecule has 7 nitrogen and oxygen atoms in total. The van der Waals surface area contributed by atoms with Crippen LogP contribution in [0, 0.1) is 5.82 Å². The second kappa shape index (κ2) is 8.70. The molecule has 0 saturated carbocycles. The number of hydrogen-bond acceptors (Lipinski definition) is 5. The minimum atomic E-state index is -4.46. The van der Waals surface area contributed by atoms with E-state index >= 15 is 0 Å². The van der Waals surface area contributed by atoms with E-state index in [0.29, 0.717) is 13.0 Å². The Morgan fingerprint density at radius 2 is 2.07 bits per heavy atom. The first-order valence-electron chi connectivity index (χ1n) is 7.58. The van der Waals surface area contributed by atoms with Crippen LogP contribution < -0.4 is 10.1 Å². The highest BCUT2D eigenvalue weighted by molar-refractivity contribution is 6.39. The molecule has 0 spiro atoms. The summed E-state index contributed by atoms with van der Waals surface area (Å²) < 4.78 is 57.2. The summed E-state index contributed by atoms with van der Waals surface area (Å²) in [4.78, 5) is 12.4. The quantitative estimate of drug-likeness (QED) is 0.669. The summed E-state index contributed by atoms with van der Waals surface area (Å²) in [5, 5.41) is 12.0. The van der Waals surface area contributed by atoms with Crippen LogP contribution in [0.5, 0.6) is 5.75 Å². The van der Waals surface area contributed by atoms with E-state index in [1.165, 1.54) is 4.68 Å². The molecule has 0 radical (unpaired) electrons. The van der Waals surface area contributed by atoms with Gasteiger partial charge in [-0.1, -0.05) is 35.2 Å². The average Bonchev–Trinajstić information content (AvgIpc) is 2.96. The van der Waals surface area contributed by atoms with Crippen LogP contribution in [0.4, 0.5) is 23.5 Å². The van der Waals surface area contributed by atoms with Crippen molar-refractivity contribution in [1.29, 1.82) is 0 Å². The lowest BCUT2D eigenvalue weighted by Gasteiger charge is -2.14. The molecule has 0 unspecified atom stereocenters. The number of ether oxygens (including phenoxy) is 1. The van der Waals surface area contributed by atoms with Crippen LogP contribution in [0.15, 0.2) is 6.07 Å². The maximum Gasteiger partial charge on any atom is 0.392 e. The summed E-state index contributed by atoms with van der Waals surface area (Å²) in [6.07, 6.45) is -5.07. The van der Waals surface area contributed by atoms with Gasteiger partial charge in [-0.25, -0.2) is 9.07 Å². The fourth-order valence-electron chi connectivity index (χ4n) is 2.00. The Morgan fingerprint density at radius 3 is 2.70 bits per heavy atom. The van der Waals surface area contributed by atoms with Crippen LogP contribution in [0.3, 0.4) is 0 Å². The van der Waals surface area contributed by atoms with Crippen molar-refractivity contribution in [2.24, 2.45) is 0 Å². The SMILES string of the molecule is CCCn1nnnc1NC(=O)c1c(F)cc(Cl)c(OCCC(F)(F)F)c1Cl. The van der Waals surface area contributed by atoms with Crippen molar-refractivity contribution in [3.05, 3.63) is 27.5 Å². The first kappa shape index (κ1) is 21.2. The minimum absolute atomic E-state index is 0.0493. The Labute approximate surface area is 160 Å². The third kappa shape index (κ3) is 5.42. The number of halogens is 6. The molecular formula is C14H13Cl2F4N5O2. The molecule has 1 heterocycles. The molecule has 1 N–H and O–H groups in total. The molecule has 0 aliphatic rings. The molecule has 1 amide bonds. The Bertz CT molecular complexity index is 829. The van der Waals surface area contributed by atoms with E-state index in [4.69, 9.17) is 27.9 Å². The van der Waals surface area contributed by atoms with Gasteiger partial charge in [0.05, 0.1) is 28.6 Å². The van der Waals surface area contributed by atoms with Gasteiger partial charge in [0, 0.05) is 6.54 Å². The molecule has 1 aromatic heterocycles. The number of benzene rings is 1. The first-order chi connectivity index (χ1) is 12.6. The normalized spacial score (nSPS) is 11.5. The number of hydrogen-bond donors (Lipinski definition) is 1. The topological polar surface area (TPSA) is 81.9 Å². The van der Waals surface area contributed by atoms with Gasteiger partial charge in [0.1, 0.15) is 5.82 Å². The van der Waals surface area contributed by atoms with Crippen molar-refractivity contribution < 1.29 is 27.1 Å². The summed E-state index contributed by atoms with van der Waals surface area (Å²) >= 11 is 11.7. The van der Waals surface area contributed by atoms with Crippen LogP contribution in [0.2, 0.25) is 10.0 Å². The van der Waals surface area contributed by atoms with Gasteiger partial charge < -0.3 is 4.74 Å². The van der Waals surface area contributed by atoms with Crippen LogP contribution in [-0.2, 0) is 6.54 Å². The first-order valence-corrected chi connectivity index (χ1v) is 8.34. The zero-order valence-corrected chi connectivity index (χ0v) is 15.3. The highest BCUT2D eigenvalue weighted by atomic mass is 35.5. The maximum absolute atomic E-state index is 14.2. The third-order valence-electron chi connectivity index (χ3n) is 3.18. The number of rotatable bonds is 7. The van der Waals surface area contributed by atoms with E-state index in [1.54, 1.807) is 0 Å². The van der Waals surface area contributed by atoms with Gasteiger partial charge >= 0.3 is 6.18 Å². The Morgan fingerprint density at radius 1 is 1.37 bits per heavy atom. The molecule has 0 bridgehead atoms. The molecule has 13 heteroatoms. The van der Waals surface area contributed by atoms with Crippen LogP contribution in [0.1, 0.15) is 30.1 Å². The fraction of sp³-hybridized carbons (Fsp3) is 0.429. The number of nitrogens with one attached hydrogen (secondary N) is 1. The predicted molar refractivity (Wildman–Crippen MR) is 88.6 cm³/mol. The molecule has 0 fully saturated rings. The van der Waals surface area contributed by atoms with Gasteiger partial charge in [-0.2, -0.15) is 13.2 Å². The average molecular weight is 430 g/mol. The van der Waals surface area contributed by atoms with E-state index in [0.717, 1.165) is 6.07 Å². The Balaban J connectivity index is 2.26. The second-order valence-corrected chi connectivity index (χ2v) is 6.04. The number of aromatic nitrogens is 4. The van der Waals surface area contributed by atoms with E-state index in [-0.39, 0.29) is 11.0 Å². The summed E-state index contributed by atoms with van der Waals surface area (Å²) in [7, 11) is 0. The molecule has 1 aromatic carbocycles. The van der Waals surface area contributed by atoms with Gasteiger partial charge in [0.15, 0.2) is 5.75 Å². The Hall–Kier alpha value is -2.14. The zero-order valence-electron chi connectivity index (χ0n) is 13.8. The van der Waals surface area contributed by atoms with Crippen molar-refractivity contribution in [2.45, 2.75) is 32.5 Å². The molecule has 2 rings (SSSR count). The molecule has 0 saturated heterocycles. The van der Waals surface area contributed by atoms with Crippen molar-refractivity contribution in [3.8, 4) is 5.75 Å². The molecule has 2 aromatic rings. The highest BCUT2D eigenvalue weighted by Crippen LogP contribution is 2.38. The molecule has 148 valence electrons. The van der Waals surface area contributed by atoms with Gasteiger partial charge in [-0.05, 0) is 22.9 Å². The van der Waals surface area contributed by atoms with E-state index in [9.17, 15) is 22.4 Å². The lowest BCUT2D eigenvalue weighted by Crippen LogP contribution is -2.19. The van der Waals surface area contributed by atoms with Gasteiger partial charge in [0.25, 0.3) is 5.91 Å². The monoisotopic (exact) mass is 429 g/mol. The maximum atomic E-state index is 14.2. The lowest BCUT2D eigenvalue weighted by molar-refractivity contribution is -0.139. The third-order valence-corrected chi connectivity index (χ3v) is 3.82. The van der Waals surface area contributed by atoms with Gasteiger partial charge in [0.2, 0.25) is 5.95 Å².